The number of amides is 3. The summed E-state index contributed by atoms with van der Waals surface area (Å²) in [5, 5.41) is 2.70. The molecule has 2 aromatic rings. The highest BCUT2D eigenvalue weighted by atomic mass is 16.2. The molecule has 1 aromatic carbocycles. The maximum atomic E-state index is 12.7. The number of hydrogen-bond donors (Lipinski definition) is 3. The molecule has 3 heterocycles. The topological polar surface area (TPSA) is 143 Å². The molecule has 11 heteroatoms. The Labute approximate surface area is 229 Å². The summed E-state index contributed by atoms with van der Waals surface area (Å²) in [7, 11) is 0. The second-order valence-corrected chi connectivity index (χ2v) is 11.8. The van der Waals surface area contributed by atoms with Crippen LogP contribution in [-0.4, -0.2) is 93.6 Å². The predicted molar refractivity (Wildman–Crippen MR) is 150 cm³/mol. The van der Waals surface area contributed by atoms with Crippen molar-refractivity contribution in [2.45, 2.75) is 38.8 Å². The number of carbonyl (C=O) groups is 2. The first-order valence-corrected chi connectivity index (χ1v) is 13.8. The minimum atomic E-state index is -0.945. The summed E-state index contributed by atoms with van der Waals surface area (Å²) < 4.78 is 1.46. The van der Waals surface area contributed by atoms with Crippen molar-refractivity contribution in [3.63, 3.8) is 0 Å². The number of nitrogens with one attached hydrogen (secondary N) is 1. The first kappa shape index (κ1) is 27.3. The normalized spacial score (nSPS) is 23.9. The third-order valence-corrected chi connectivity index (χ3v) is 8.48. The number of nitrogens with zero attached hydrogens (tertiary/aromatic N) is 5. The number of anilines is 1. The first-order chi connectivity index (χ1) is 18.5. The second kappa shape index (κ2) is 10.7. The lowest BCUT2D eigenvalue weighted by Crippen LogP contribution is -2.58. The predicted octanol–water partition coefficient (Wildman–Crippen LogP) is 0.713. The van der Waals surface area contributed by atoms with E-state index in [1.54, 1.807) is 35.9 Å². The van der Waals surface area contributed by atoms with Crippen LogP contribution in [0.4, 0.5) is 10.6 Å². The zero-order chi connectivity index (χ0) is 27.9. The molecule has 3 aliphatic rings. The van der Waals surface area contributed by atoms with Crippen LogP contribution in [0.3, 0.4) is 0 Å². The lowest BCUT2D eigenvalue weighted by atomic mass is 10.0. The maximum absolute atomic E-state index is 12.7. The van der Waals surface area contributed by atoms with E-state index in [1.165, 1.54) is 10.1 Å². The van der Waals surface area contributed by atoms with Crippen molar-refractivity contribution in [2.24, 2.45) is 29.2 Å². The summed E-state index contributed by atoms with van der Waals surface area (Å²) in [6.07, 6.45) is 2.57. The van der Waals surface area contributed by atoms with Gasteiger partial charge in [-0.1, -0.05) is 12.1 Å². The van der Waals surface area contributed by atoms with Gasteiger partial charge in [0.25, 0.3) is 0 Å². The Morgan fingerprint density at radius 1 is 1.05 bits per heavy atom. The third kappa shape index (κ3) is 5.85. The minimum absolute atomic E-state index is 0.140. The van der Waals surface area contributed by atoms with Crippen LogP contribution in [0.25, 0.3) is 5.69 Å². The molecule has 39 heavy (non-hydrogen) atoms. The van der Waals surface area contributed by atoms with Crippen molar-refractivity contribution >= 4 is 17.8 Å². The molecular formula is C28H40N8O3. The van der Waals surface area contributed by atoms with Crippen molar-refractivity contribution in [2.75, 3.05) is 51.1 Å². The Balaban J connectivity index is 1.13. The summed E-state index contributed by atoms with van der Waals surface area (Å²) in [6, 6.07) is 9.70. The molecule has 3 amide bonds. The van der Waals surface area contributed by atoms with Gasteiger partial charge < -0.3 is 21.3 Å². The fourth-order valence-electron chi connectivity index (χ4n) is 6.03. The molecule has 5 N–H and O–H groups in total. The molecule has 1 aliphatic carbocycles. The van der Waals surface area contributed by atoms with E-state index >= 15 is 0 Å². The third-order valence-electron chi connectivity index (χ3n) is 8.48. The summed E-state index contributed by atoms with van der Waals surface area (Å²) in [6.45, 7) is 10.3. The smallest absolute Gasteiger partial charge is 0.338 e. The molecular weight excluding hydrogens is 496 g/mol. The molecule has 2 aliphatic heterocycles. The highest BCUT2D eigenvalue weighted by Crippen LogP contribution is 2.51. The van der Waals surface area contributed by atoms with Gasteiger partial charge in [0, 0.05) is 51.5 Å². The van der Waals surface area contributed by atoms with E-state index in [0.29, 0.717) is 32.2 Å². The van der Waals surface area contributed by atoms with Crippen molar-refractivity contribution in [3.8, 4) is 5.69 Å². The highest BCUT2D eigenvalue weighted by molar-refractivity contribution is 5.89. The highest BCUT2D eigenvalue weighted by Gasteiger charge is 2.55. The molecule has 0 bridgehead atoms. The van der Waals surface area contributed by atoms with E-state index in [2.05, 4.69) is 34.3 Å². The van der Waals surface area contributed by atoms with Gasteiger partial charge in [-0.2, -0.15) is 4.98 Å². The van der Waals surface area contributed by atoms with E-state index in [0.717, 1.165) is 49.5 Å². The fourth-order valence-corrected chi connectivity index (χ4v) is 6.03. The molecule has 4 atom stereocenters. The van der Waals surface area contributed by atoms with Gasteiger partial charge in [-0.15, -0.1) is 0 Å². The Bertz CT molecular complexity index is 1250. The van der Waals surface area contributed by atoms with Gasteiger partial charge in [0.1, 0.15) is 5.82 Å². The van der Waals surface area contributed by atoms with Crippen molar-refractivity contribution < 1.29 is 9.59 Å². The van der Waals surface area contributed by atoms with Crippen molar-refractivity contribution in [3.05, 3.63) is 52.6 Å². The lowest BCUT2D eigenvalue weighted by Gasteiger charge is -2.37. The van der Waals surface area contributed by atoms with Gasteiger partial charge in [0.05, 0.1) is 11.2 Å². The van der Waals surface area contributed by atoms with Crippen molar-refractivity contribution in [1.82, 2.24) is 24.3 Å². The van der Waals surface area contributed by atoms with Crippen LogP contribution in [-0.2, 0) is 11.2 Å². The molecule has 5 rings (SSSR count). The summed E-state index contributed by atoms with van der Waals surface area (Å²) in [4.78, 5) is 47.7. The quantitative estimate of drug-likeness (QED) is 0.473. The van der Waals surface area contributed by atoms with Gasteiger partial charge in [0.2, 0.25) is 5.91 Å². The van der Waals surface area contributed by atoms with E-state index < -0.39 is 11.2 Å². The minimum Gasteiger partial charge on any atom is -0.338 e. The standard InChI is InChI=1S/C28H40N8O3/c1-18(35-16-22-21(15-29)23(22)17-35)14-19-4-6-20(7-5-19)36-9-8-24(32-27(36)39)31-26(38)34-12-10-33(11-13-34)25(37)28(2,3)30/h4-9,18,21-23H,10-17,29-30H2,1-3H3,(H,31,32,38,39)/t18?,21-,22-,23+. The van der Waals surface area contributed by atoms with Crippen molar-refractivity contribution in [1.29, 1.82) is 0 Å². The van der Waals surface area contributed by atoms with E-state index in [9.17, 15) is 14.4 Å². The molecule has 3 fully saturated rings. The van der Waals surface area contributed by atoms with Gasteiger partial charge in [0.15, 0.2) is 0 Å². The van der Waals surface area contributed by atoms with Crippen LogP contribution in [0.5, 0.6) is 0 Å². The van der Waals surface area contributed by atoms with Crippen LogP contribution in [0.2, 0.25) is 0 Å². The number of piperazine rings is 1. The number of likely N-dealkylation sites (tertiary alicyclic amines) is 1. The maximum Gasteiger partial charge on any atom is 0.354 e. The van der Waals surface area contributed by atoms with Crippen LogP contribution >= 0.6 is 0 Å². The summed E-state index contributed by atoms with van der Waals surface area (Å²) in [5.74, 6) is 2.36. The average molecular weight is 537 g/mol. The Morgan fingerprint density at radius 3 is 2.23 bits per heavy atom. The summed E-state index contributed by atoms with van der Waals surface area (Å²) >= 11 is 0. The first-order valence-electron chi connectivity index (χ1n) is 13.8. The van der Waals surface area contributed by atoms with E-state index in [4.69, 9.17) is 11.5 Å². The number of aromatic nitrogens is 2. The number of benzene rings is 1. The molecule has 1 saturated carbocycles. The Morgan fingerprint density at radius 2 is 1.67 bits per heavy atom. The number of carbonyl (C=O) groups excluding carboxylic acids is 2. The second-order valence-electron chi connectivity index (χ2n) is 11.8. The Kier molecular flexibility index (Phi) is 7.49. The number of fused-ring (bicyclic) bond motifs is 1. The molecule has 1 unspecified atom stereocenters. The number of urea groups is 1. The SMILES string of the molecule is CC(Cc1ccc(-n2ccc(NC(=O)N3CCN(C(=O)C(C)(C)N)CC3)nc2=O)cc1)N1C[C@@H]2[C@@H](CN)[C@@H]2C1. The number of nitrogens with two attached hydrogens (primary N) is 2. The molecule has 2 saturated heterocycles. The van der Waals surface area contributed by atoms with Crippen LogP contribution in [0.1, 0.15) is 26.3 Å². The molecule has 11 nitrogen and oxygen atoms in total. The zero-order valence-electron chi connectivity index (χ0n) is 23.0. The summed E-state index contributed by atoms with van der Waals surface area (Å²) in [5.41, 5.74) is 12.3. The van der Waals surface area contributed by atoms with Gasteiger partial charge >= 0.3 is 11.7 Å². The van der Waals surface area contributed by atoms with E-state index in [-0.39, 0.29) is 17.8 Å². The van der Waals surface area contributed by atoms with Gasteiger partial charge in [-0.3, -0.25) is 19.6 Å². The zero-order valence-corrected chi connectivity index (χ0v) is 23.0. The number of rotatable bonds is 7. The number of piperidine rings is 1. The largest absolute Gasteiger partial charge is 0.354 e. The fraction of sp³-hybridized carbons (Fsp3) is 0.571. The van der Waals surface area contributed by atoms with Crippen LogP contribution in [0.15, 0.2) is 41.3 Å². The number of hydrogen-bond acceptors (Lipinski definition) is 7. The van der Waals surface area contributed by atoms with E-state index in [1.807, 2.05) is 12.1 Å². The Hall–Kier alpha value is -3.28. The van der Waals surface area contributed by atoms with Gasteiger partial charge in [-0.05, 0) is 75.3 Å². The molecule has 1 aromatic heterocycles. The molecule has 0 radical (unpaired) electrons. The van der Waals surface area contributed by atoms with Crippen LogP contribution < -0.4 is 22.5 Å². The molecule has 0 spiro atoms. The lowest BCUT2D eigenvalue weighted by molar-refractivity contribution is -0.137. The van der Waals surface area contributed by atoms with Gasteiger partial charge in [-0.25, -0.2) is 9.59 Å². The van der Waals surface area contributed by atoms with Crippen LogP contribution in [0, 0.1) is 17.8 Å². The average Bonchev–Trinajstić information content (AvgIpc) is 3.38. The monoisotopic (exact) mass is 536 g/mol. The molecule has 210 valence electrons.